The molecule has 2 aromatic heterocycles. The van der Waals surface area contributed by atoms with Gasteiger partial charge in [0.25, 0.3) is 0 Å². The van der Waals surface area contributed by atoms with E-state index in [4.69, 9.17) is 4.98 Å². The van der Waals surface area contributed by atoms with E-state index in [1.54, 1.807) is 6.33 Å². The molecule has 0 aliphatic rings. The van der Waals surface area contributed by atoms with Gasteiger partial charge < -0.3 is 10.3 Å². The number of H-pyrrole nitrogens is 1. The van der Waals surface area contributed by atoms with Crippen molar-refractivity contribution in [3.63, 3.8) is 0 Å². The number of nitrogens with one attached hydrogen (secondary N) is 2. The lowest BCUT2D eigenvalue weighted by Crippen LogP contribution is -1.95. The van der Waals surface area contributed by atoms with Gasteiger partial charge in [-0.15, -0.1) is 0 Å². The molecule has 2 N–H and O–H groups in total. The lowest BCUT2D eigenvalue weighted by molar-refractivity contribution is 1.34. The molecule has 5 aromatic rings. The molecule has 24 heavy (non-hydrogen) atoms. The van der Waals surface area contributed by atoms with E-state index in [2.05, 4.69) is 33.5 Å². The van der Waals surface area contributed by atoms with Gasteiger partial charge in [-0.25, -0.2) is 9.97 Å². The fourth-order valence-corrected chi connectivity index (χ4v) is 3.13. The largest absolute Gasteiger partial charge is 0.354 e. The third kappa shape index (κ3) is 2.01. The van der Waals surface area contributed by atoms with Gasteiger partial charge in [0.15, 0.2) is 0 Å². The van der Waals surface area contributed by atoms with Crippen LogP contribution < -0.4 is 5.32 Å². The number of nitrogens with zero attached hydrogens (tertiary/aromatic N) is 2. The van der Waals surface area contributed by atoms with E-state index in [0.717, 1.165) is 44.2 Å². The van der Waals surface area contributed by atoms with Crippen LogP contribution in [0.3, 0.4) is 0 Å². The summed E-state index contributed by atoms with van der Waals surface area (Å²) in [6.07, 6.45) is 1.71. The predicted molar refractivity (Wildman–Crippen MR) is 98.6 cm³/mol. The summed E-state index contributed by atoms with van der Waals surface area (Å²) in [6, 6.07) is 22.6. The van der Waals surface area contributed by atoms with E-state index in [-0.39, 0.29) is 0 Å². The number of hydrogen-bond acceptors (Lipinski definition) is 3. The zero-order valence-corrected chi connectivity index (χ0v) is 12.8. The van der Waals surface area contributed by atoms with Crippen LogP contribution in [0, 0.1) is 0 Å². The molecule has 0 fully saturated rings. The second kappa shape index (κ2) is 5.06. The van der Waals surface area contributed by atoms with Gasteiger partial charge in [0.05, 0.1) is 34.1 Å². The summed E-state index contributed by atoms with van der Waals surface area (Å²) in [5.41, 5.74) is 6.05. The molecule has 3 aromatic carbocycles. The highest BCUT2D eigenvalue weighted by Gasteiger charge is 2.09. The van der Waals surface area contributed by atoms with Gasteiger partial charge in [-0.05, 0) is 30.3 Å². The Morgan fingerprint density at radius 1 is 0.750 bits per heavy atom. The molecule has 0 radical (unpaired) electrons. The van der Waals surface area contributed by atoms with Crippen LogP contribution in [0.5, 0.6) is 0 Å². The zero-order valence-electron chi connectivity index (χ0n) is 12.8. The summed E-state index contributed by atoms with van der Waals surface area (Å²) >= 11 is 0. The van der Waals surface area contributed by atoms with Crippen LogP contribution in [-0.4, -0.2) is 15.0 Å². The highest BCUT2D eigenvalue weighted by Crippen LogP contribution is 2.33. The Bertz CT molecular complexity index is 1140. The Kier molecular flexibility index (Phi) is 2.76. The second-order valence-electron chi connectivity index (χ2n) is 5.78. The summed E-state index contributed by atoms with van der Waals surface area (Å²) in [5.74, 6) is 0. The van der Waals surface area contributed by atoms with Gasteiger partial charge in [0.1, 0.15) is 0 Å². The SMILES string of the molecule is c1ccc2c(Nc3ccc4nc[nH]c4c3)c3ccccc3nc2c1. The second-order valence-corrected chi connectivity index (χ2v) is 5.78. The van der Waals surface area contributed by atoms with E-state index in [0.29, 0.717) is 0 Å². The number of imidazole rings is 1. The van der Waals surface area contributed by atoms with E-state index in [1.807, 2.05) is 48.5 Å². The Morgan fingerprint density at radius 3 is 2.21 bits per heavy atom. The van der Waals surface area contributed by atoms with Crippen molar-refractivity contribution in [1.82, 2.24) is 15.0 Å². The topological polar surface area (TPSA) is 53.6 Å². The van der Waals surface area contributed by atoms with Crippen molar-refractivity contribution in [2.24, 2.45) is 0 Å². The van der Waals surface area contributed by atoms with Crippen LogP contribution in [0.1, 0.15) is 0 Å². The van der Waals surface area contributed by atoms with Crippen molar-refractivity contribution < 1.29 is 0 Å². The third-order valence-corrected chi connectivity index (χ3v) is 4.28. The Morgan fingerprint density at radius 2 is 1.46 bits per heavy atom. The summed E-state index contributed by atoms with van der Waals surface area (Å²) in [7, 11) is 0. The summed E-state index contributed by atoms with van der Waals surface area (Å²) < 4.78 is 0. The number of anilines is 2. The molecule has 0 unspecified atom stereocenters. The average molecular weight is 310 g/mol. The minimum absolute atomic E-state index is 0.963. The number of hydrogen-bond donors (Lipinski definition) is 2. The van der Waals surface area contributed by atoms with Crippen LogP contribution in [0.15, 0.2) is 73.1 Å². The molecule has 5 rings (SSSR count). The molecule has 0 saturated carbocycles. The standard InChI is InChI=1S/C20H14N4/c1-3-7-16-14(5-1)20(15-6-2-4-8-17(15)24-16)23-13-9-10-18-19(11-13)22-12-21-18/h1-12H,(H,21,22)(H,23,24). The van der Waals surface area contributed by atoms with Crippen LogP contribution in [0.4, 0.5) is 11.4 Å². The van der Waals surface area contributed by atoms with Crippen molar-refractivity contribution in [2.75, 3.05) is 5.32 Å². The molecule has 2 heterocycles. The molecule has 0 spiro atoms. The van der Waals surface area contributed by atoms with E-state index < -0.39 is 0 Å². The molecule has 4 nitrogen and oxygen atoms in total. The molecule has 0 saturated heterocycles. The molecular weight excluding hydrogens is 296 g/mol. The molecule has 114 valence electrons. The number of para-hydroxylation sites is 2. The van der Waals surface area contributed by atoms with Crippen LogP contribution in [0.2, 0.25) is 0 Å². The first-order valence-corrected chi connectivity index (χ1v) is 7.86. The molecule has 0 bridgehead atoms. The first-order valence-electron chi connectivity index (χ1n) is 7.86. The van der Waals surface area contributed by atoms with Crippen molar-refractivity contribution in [3.8, 4) is 0 Å². The maximum absolute atomic E-state index is 4.77. The van der Waals surface area contributed by atoms with Gasteiger partial charge in [-0.2, -0.15) is 0 Å². The summed E-state index contributed by atoms with van der Waals surface area (Å²) in [6.45, 7) is 0. The Balaban J connectivity index is 1.76. The number of fused-ring (bicyclic) bond motifs is 3. The average Bonchev–Trinajstić information content (AvgIpc) is 3.09. The Hall–Kier alpha value is -3.40. The minimum atomic E-state index is 0.963. The number of pyridine rings is 1. The number of rotatable bonds is 2. The van der Waals surface area contributed by atoms with Gasteiger partial charge in [-0.1, -0.05) is 36.4 Å². The van der Waals surface area contributed by atoms with Crippen molar-refractivity contribution in [1.29, 1.82) is 0 Å². The van der Waals surface area contributed by atoms with Gasteiger partial charge in [0.2, 0.25) is 0 Å². The van der Waals surface area contributed by atoms with E-state index >= 15 is 0 Å². The molecule has 0 amide bonds. The quantitative estimate of drug-likeness (QED) is 0.451. The fourth-order valence-electron chi connectivity index (χ4n) is 3.13. The maximum Gasteiger partial charge on any atom is 0.0931 e. The van der Waals surface area contributed by atoms with Crippen molar-refractivity contribution >= 4 is 44.2 Å². The first-order chi connectivity index (χ1) is 11.9. The monoisotopic (exact) mass is 310 g/mol. The first kappa shape index (κ1) is 13.1. The maximum atomic E-state index is 4.77. The number of aromatic nitrogens is 3. The summed E-state index contributed by atoms with van der Waals surface area (Å²) in [5, 5.41) is 5.81. The molecular formula is C20H14N4. The minimum Gasteiger partial charge on any atom is -0.354 e. The number of benzene rings is 3. The lowest BCUT2D eigenvalue weighted by atomic mass is 10.1. The molecule has 4 heteroatoms. The van der Waals surface area contributed by atoms with Gasteiger partial charge in [0, 0.05) is 16.5 Å². The van der Waals surface area contributed by atoms with Crippen molar-refractivity contribution in [3.05, 3.63) is 73.1 Å². The number of aromatic amines is 1. The van der Waals surface area contributed by atoms with Crippen LogP contribution in [-0.2, 0) is 0 Å². The normalized spacial score (nSPS) is 11.3. The Labute approximate surface area is 138 Å². The highest BCUT2D eigenvalue weighted by atomic mass is 14.9. The van der Waals surface area contributed by atoms with Crippen LogP contribution in [0.25, 0.3) is 32.8 Å². The highest BCUT2D eigenvalue weighted by molar-refractivity contribution is 6.08. The zero-order chi connectivity index (χ0) is 15.9. The smallest absolute Gasteiger partial charge is 0.0931 e. The fraction of sp³-hybridized carbons (Fsp3) is 0. The van der Waals surface area contributed by atoms with E-state index in [9.17, 15) is 0 Å². The summed E-state index contributed by atoms with van der Waals surface area (Å²) in [4.78, 5) is 12.2. The third-order valence-electron chi connectivity index (χ3n) is 4.28. The lowest BCUT2D eigenvalue weighted by Gasteiger charge is -2.13. The predicted octanol–water partition coefficient (Wildman–Crippen LogP) is 5.01. The van der Waals surface area contributed by atoms with Crippen molar-refractivity contribution in [2.45, 2.75) is 0 Å². The molecule has 0 aliphatic heterocycles. The van der Waals surface area contributed by atoms with Gasteiger partial charge >= 0.3 is 0 Å². The van der Waals surface area contributed by atoms with Crippen LogP contribution >= 0.6 is 0 Å². The molecule has 0 atom stereocenters. The van der Waals surface area contributed by atoms with Gasteiger partial charge in [-0.3, -0.25) is 0 Å². The molecule has 0 aliphatic carbocycles. The van der Waals surface area contributed by atoms with E-state index in [1.165, 1.54) is 0 Å².